The first kappa shape index (κ1) is 17.1. The lowest BCUT2D eigenvalue weighted by atomic mass is 10.1. The summed E-state index contributed by atoms with van der Waals surface area (Å²) in [5.41, 5.74) is 4.41. The predicted molar refractivity (Wildman–Crippen MR) is 103 cm³/mol. The van der Waals surface area contributed by atoms with Crippen LogP contribution in [0.5, 0.6) is 0 Å². The van der Waals surface area contributed by atoms with Gasteiger partial charge in [-0.1, -0.05) is 0 Å². The van der Waals surface area contributed by atoms with Crippen molar-refractivity contribution >= 4 is 23.4 Å². The zero-order valence-electron chi connectivity index (χ0n) is 15.5. The maximum absolute atomic E-state index is 12.2. The number of ether oxygens (including phenoxy) is 2. The van der Waals surface area contributed by atoms with Gasteiger partial charge in [-0.2, -0.15) is 0 Å². The molecule has 2 aromatic heterocycles. The summed E-state index contributed by atoms with van der Waals surface area (Å²) in [5.74, 6) is 0.749. The van der Waals surface area contributed by atoms with Gasteiger partial charge in [-0.3, -0.25) is 4.98 Å². The van der Waals surface area contributed by atoms with E-state index in [1.807, 2.05) is 18.3 Å². The molecule has 5 rings (SSSR count). The summed E-state index contributed by atoms with van der Waals surface area (Å²) in [5, 5.41) is 0. The molecule has 0 spiro atoms. The lowest BCUT2D eigenvalue weighted by molar-refractivity contribution is -0.104. The molecule has 2 fully saturated rings. The molecule has 8 nitrogen and oxygen atoms in total. The van der Waals surface area contributed by atoms with Crippen molar-refractivity contribution in [3.63, 3.8) is 0 Å². The van der Waals surface area contributed by atoms with Gasteiger partial charge in [-0.25, -0.2) is 14.8 Å². The first-order chi connectivity index (χ1) is 13.8. The number of aromatic nitrogens is 3. The molecule has 2 aliphatic heterocycles. The topological polar surface area (TPSA) is 80.7 Å². The first-order valence-corrected chi connectivity index (χ1v) is 9.52. The molecule has 0 unspecified atom stereocenters. The van der Waals surface area contributed by atoms with Gasteiger partial charge < -0.3 is 19.3 Å². The summed E-state index contributed by atoms with van der Waals surface area (Å²) in [6, 6.07) is 3.86. The van der Waals surface area contributed by atoms with Crippen LogP contribution in [0.15, 0.2) is 30.7 Å². The fourth-order valence-corrected chi connectivity index (χ4v) is 3.72. The van der Waals surface area contributed by atoms with E-state index in [2.05, 4.69) is 25.9 Å². The Labute approximate surface area is 162 Å². The van der Waals surface area contributed by atoms with Crippen molar-refractivity contribution in [2.24, 2.45) is 0 Å². The number of carbonyl (C=O) groups excluding carboxylic acids is 1. The average Bonchev–Trinajstić information content (AvgIpc) is 3.16. The number of hydrogen-bond donors (Lipinski definition) is 0. The van der Waals surface area contributed by atoms with E-state index < -0.39 is 0 Å². The zero-order valence-corrected chi connectivity index (χ0v) is 15.5. The number of amides is 1. The normalized spacial score (nSPS) is 19.1. The van der Waals surface area contributed by atoms with Gasteiger partial charge in [0.2, 0.25) is 0 Å². The smallest absolute Gasteiger partial charge is 0.410 e. The van der Waals surface area contributed by atoms with Gasteiger partial charge in [0.15, 0.2) is 11.9 Å². The fourth-order valence-electron chi connectivity index (χ4n) is 3.72. The Morgan fingerprint density at radius 2 is 1.86 bits per heavy atom. The molecule has 1 aliphatic carbocycles. The minimum atomic E-state index is -0.240. The quantitative estimate of drug-likeness (QED) is 0.802. The van der Waals surface area contributed by atoms with Crippen molar-refractivity contribution in [2.45, 2.75) is 12.5 Å². The number of nitrogens with zero attached hydrogens (tertiary/aromatic N) is 5. The second-order valence-electron chi connectivity index (χ2n) is 7.13. The van der Waals surface area contributed by atoms with E-state index in [1.165, 1.54) is 0 Å². The van der Waals surface area contributed by atoms with Crippen LogP contribution in [0.1, 0.15) is 17.1 Å². The van der Waals surface area contributed by atoms with Gasteiger partial charge >= 0.3 is 6.09 Å². The third-order valence-corrected chi connectivity index (χ3v) is 5.33. The van der Waals surface area contributed by atoms with Gasteiger partial charge in [0.05, 0.1) is 18.9 Å². The van der Waals surface area contributed by atoms with Crippen molar-refractivity contribution in [3.8, 4) is 0 Å². The standard InChI is InChI=1S/C20H21N5O3/c26-20(28-15-12-27-13-15)25-8-6-24(7-9-25)18-2-5-21-17-11-14(10-16(17)18)19-22-3-1-4-23-19/h1-5,10,15H,6-9,11-13H2. The molecule has 3 aliphatic rings. The monoisotopic (exact) mass is 379 g/mol. The summed E-state index contributed by atoms with van der Waals surface area (Å²) < 4.78 is 10.5. The fraction of sp³-hybridized carbons (Fsp3) is 0.400. The van der Waals surface area contributed by atoms with E-state index in [0.717, 1.165) is 47.9 Å². The van der Waals surface area contributed by atoms with Gasteiger partial charge in [-0.05, 0) is 18.2 Å². The molecule has 2 aromatic rings. The number of allylic oxidation sites excluding steroid dienone is 1. The van der Waals surface area contributed by atoms with Crippen LogP contribution in [0.3, 0.4) is 0 Å². The Bertz CT molecular complexity index is 905. The van der Waals surface area contributed by atoms with E-state index in [-0.39, 0.29) is 12.2 Å². The Morgan fingerprint density at radius 1 is 1.07 bits per heavy atom. The predicted octanol–water partition coefficient (Wildman–Crippen LogP) is 1.63. The highest BCUT2D eigenvalue weighted by molar-refractivity contribution is 5.90. The van der Waals surface area contributed by atoms with Crippen molar-refractivity contribution < 1.29 is 14.3 Å². The maximum Gasteiger partial charge on any atom is 0.410 e. The summed E-state index contributed by atoms with van der Waals surface area (Å²) >= 11 is 0. The molecule has 0 aromatic carbocycles. The molecular weight excluding hydrogens is 358 g/mol. The zero-order chi connectivity index (χ0) is 18.9. The Morgan fingerprint density at radius 3 is 2.57 bits per heavy atom. The summed E-state index contributed by atoms with van der Waals surface area (Å²) in [6.45, 7) is 3.82. The van der Waals surface area contributed by atoms with Crippen molar-refractivity contribution in [3.05, 3.63) is 47.8 Å². The van der Waals surface area contributed by atoms with Crippen LogP contribution in [0.2, 0.25) is 0 Å². The largest absolute Gasteiger partial charge is 0.441 e. The molecule has 0 saturated carbocycles. The van der Waals surface area contributed by atoms with Crippen LogP contribution in [-0.4, -0.2) is 71.4 Å². The summed E-state index contributed by atoms with van der Waals surface area (Å²) in [4.78, 5) is 29.6. The van der Waals surface area contributed by atoms with Crippen molar-refractivity contribution in [2.75, 3.05) is 44.3 Å². The molecule has 0 radical (unpaired) electrons. The van der Waals surface area contributed by atoms with E-state index in [0.29, 0.717) is 26.3 Å². The van der Waals surface area contributed by atoms with E-state index in [9.17, 15) is 4.79 Å². The summed E-state index contributed by atoms with van der Waals surface area (Å²) in [7, 11) is 0. The number of piperazine rings is 1. The van der Waals surface area contributed by atoms with Crippen LogP contribution < -0.4 is 4.90 Å². The van der Waals surface area contributed by atoms with Gasteiger partial charge in [0.25, 0.3) is 0 Å². The molecular formula is C20H21N5O3. The van der Waals surface area contributed by atoms with Crippen LogP contribution in [0.4, 0.5) is 10.5 Å². The maximum atomic E-state index is 12.2. The van der Waals surface area contributed by atoms with Gasteiger partial charge in [-0.15, -0.1) is 0 Å². The Kier molecular flexibility index (Phi) is 4.40. The molecule has 28 heavy (non-hydrogen) atoms. The lowest BCUT2D eigenvalue weighted by Gasteiger charge is -2.37. The second kappa shape index (κ2) is 7.20. The highest BCUT2D eigenvalue weighted by Gasteiger charge is 2.29. The lowest BCUT2D eigenvalue weighted by Crippen LogP contribution is -2.51. The Balaban J connectivity index is 1.29. The van der Waals surface area contributed by atoms with E-state index in [4.69, 9.17) is 9.47 Å². The highest BCUT2D eigenvalue weighted by Crippen LogP contribution is 2.35. The van der Waals surface area contributed by atoms with Crippen LogP contribution in [0.25, 0.3) is 11.6 Å². The van der Waals surface area contributed by atoms with Crippen LogP contribution in [0, 0.1) is 0 Å². The molecule has 4 heterocycles. The minimum absolute atomic E-state index is 0.0854. The molecule has 8 heteroatoms. The third-order valence-electron chi connectivity index (χ3n) is 5.33. The molecule has 2 saturated heterocycles. The SMILES string of the molecule is O=C(OC1COC1)N1CCN(c2ccnc3c2C=C(c2ncccn2)C3)CC1. The van der Waals surface area contributed by atoms with E-state index >= 15 is 0 Å². The number of anilines is 1. The molecule has 1 amide bonds. The van der Waals surface area contributed by atoms with Crippen molar-refractivity contribution in [1.82, 2.24) is 19.9 Å². The highest BCUT2D eigenvalue weighted by atomic mass is 16.6. The molecule has 0 N–H and O–H groups in total. The van der Waals surface area contributed by atoms with Gasteiger partial charge in [0, 0.05) is 68.0 Å². The second-order valence-corrected chi connectivity index (χ2v) is 7.13. The number of carbonyl (C=O) groups is 1. The average molecular weight is 379 g/mol. The van der Waals surface area contributed by atoms with Crippen LogP contribution in [-0.2, 0) is 15.9 Å². The number of pyridine rings is 1. The molecule has 0 atom stereocenters. The molecule has 0 bridgehead atoms. The summed E-state index contributed by atoms with van der Waals surface area (Å²) in [6.07, 6.45) is 7.93. The van der Waals surface area contributed by atoms with E-state index in [1.54, 1.807) is 17.3 Å². The first-order valence-electron chi connectivity index (χ1n) is 9.52. The van der Waals surface area contributed by atoms with Gasteiger partial charge in [0.1, 0.15) is 0 Å². The number of rotatable bonds is 3. The minimum Gasteiger partial charge on any atom is -0.441 e. The van der Waals surface area contributed by atoms with Crippen molar-refractivity contribution in [1.29, 1.82) is 0 Å². The number of fused-ring (bicyclic) bond motifs is 1. The van der Waals surface area contributed by atoms with Crippen LogP contribution >= 0.6 is 0 Å². The molecule has 144 valence electrons. The third kappa shape index (κ3) is 3.20. The number of hydrogen-bond acceptors (Lipinski definition) is 7. The Hall–Kier alpha value is -3.00.